The molecule has 2 atom stereocenters. The number of nitro groups is 2. The fourth-order valence-electron chi connectivity index (χ4n) is 4.74. The molecule has 4 aromatic carbocycles. The van der Waals surface area contributed by atoms with Crippen LogP contribution in [0.25, 0.3) is 0 Å². The predicted octanol–water partition coefficient (Wildman–Crippen LogP) is 6.83. The van der Waals surface area contributed by atoms with Gasteiger partial charge in [-0.15, -0.1) is 23.5 Å². The highest BCUT2D eigenvalue weighted by Crippen LogP contribution is 2.36. The van der Waals surface area contributed by atoms with Crippen molar-refractivity contribution in [2.75, 3.05) is 27.1 Å². The molecule has 4 rings (SSSR count). The second-order valence-electron chi connectivity index (χ2n) is 11.3. The molecule has 15 nitrogen and oxygen atoms in total. The Bertz CT molecular complexity index is 1970. The molecule has 0 aliphatic heterocycles. The van der Waals surface area contributed by atoms with Gasteiger partial charge in [0.05, 0.1) is 46.0 Å². The van der Waals surface area contributed by atoms with Crippen molar-refractivity contribution in [3.8, 4) is 11.5 Å². The molecule has 286 valence electrons. The molecule has 0 radical (unpaired) electrons. The van der Waals surface area contributed by atoms with Crippen LogP contribution in [-0.2, 0) is 35.3 Å². The largest absolute Gasteiger partial charge is 0.497 e. The summed E-state index contributed by atoms with van der Waals surface area (Å²) < 4.78 is 59.8. The van der Waals surface area contributed by atoms with Crippen LogP contribution in [0, 0.1) is 20.2 Å². The first-order chi connectivity index (χ1) is 26.3. The molecule has 0 fully saturated rings. The van der Waals surface area contributed by atoms with E-state index in [2.05, 4.69) is 0 Å². The van der Waals surface area contributed by atoms with Gasteiger partial charge in [0.1, 0.15) is 30.3 Å². The molecular weight excluding hydrogens is 765 g/mol. The third-order valence-electron chi connectivity index (χ3n) is 7.56. The molecule has 0 unspecified atom stereocenters. The smallest absolute Gasteiger partial charge is 0.338 e. The van der Waals surface area contributed by atoms with Crippen molar-refractivity contribution in [3.05, 3.63) is 140 Å². The number of methoxy groups -OCH3 is 2. The highest BCUT2D eigenvalue weighted by Gasteiger charge is 2.34. The minimum Gasteiger partial charge on any atom is -0.497 e. The fraction of sp³-hybridized carbons (Fsp3) is 0.278. The lowest BCUT2D eigenvalue weighted by molar-refractivity contribution is -0.385. The van der Waals surface area contributed by atoms with E-state index in [9.17, 15) is 38.2 Å². The van der Waals surface area contributed by atoms with Crippen LogP contribution >= 0.6 is 23.5 Å². The van der Waals surface area contributed by atoms with Crippen molar-refractivity contribution >= 4 is 57.0 Å². The number of nitro benzene ring substituents is 2. The summed E-state index contributed by atoms with van der Waals surface area (Å²) in [5.74, 6) is 0.314. The van der Waals surface area contributed by atoms with Crippen molar-refractivity contribution in [1.29, 1.82) is 0 Å². The Kier molecular flexibility index (Phi) is 14.7. The maximum absolute atomic E-state index is 13.5. The number of thioether (sulfide) groups is 2. The third kappa shape index (κ3) is 13.0. The monoisotopic (exact) mass is 801 g/mol. The molecule has 4 aromatic rings. The Balaban J connectivity index is 1.67. The second-order valence-corrected chi connectivity index (χ2v) is 15.3. The number of ether oxygens (including phenoxy) is 4. The Morgan fingerprint density at radius 1 is 0.704 bits per heavy atom. The number of carbonyl (C=O) groups is 2. The first-order valence-corrected chi connectivity index (χ1v) is 19.5. The minimum atomic E-state index is -4.57. The van der Waals surface area contributed by atoms with Gasteiger partial charge < -0.3 is 18.9 Å². The summed E-state index contributed by atoms with van der Waals surface area (Å²) in [7, 11) is -1.47. The number of carbonyl (C=O) groups excluding carboxylic acids is 2. The summed E-state index contributed by atoms with van der Waals surface area (Å²) in [6, 6.07) is 23.8. The van der Waals surface area contributed by atoms with Gasteiger partial charge in [0.25, 0.3) is 21.5 Å². The molecule has 0 aliphatic rings. The van der Waals surface area contributed by atoms with Crippen molar-refractivity contribution in [2.45, 2.75) is 34.7 Å². The molecule has 0 saturated heterocycles. The van der Waals surface area contributed by atoms with Crippen LogP contribution in [0.15, 0.2) is 97.1 Å². The van der Waals surface area contributed by atoms with Gasteiger partial charge in [0, 0.05) is 43.6 Å². The number of non-ortho nitro benzene ring substituents is 2. The second kappa shape index (κ2) is 19.8. The Morgan fingerprint density at radius 3 is 1.56 bits per heavy atom. The topological polar surface area (TPSA) is 201 Å². The molecule has 0 amide bonds. The SMILES string of the molecule is [2H]CS(=O)(=O)O[C@H](COC(=O)c1ccc([N+](=O)[O-])cc1)[C@@H](CC(SCc1ccc(OC)cc1)SCc1ccc(OC)cc1)OC(=O)c1ccc([N+](=O)[O-])cc1. The summed E-state index contributed by atoms with van der Waals surface area (Å²) in [6.07, 6.45) is -4.35. The zero-order valence-corrected chi connectivity index (χ0v) is 31.4. The third-order valence-corrected chi connectivity index (χ3v) is 11.0. The molecule has 0 aromatic heterocycles. The minimum absolute atomic E-state index is 0.0619. The molecule has 18 heteroatoms. The lowest BCUT2D eigenvalue weighted by Gasteiger charge is -2.29. The summed E-state index contributed by atoms with van der Waals surface area (Å²) in [4.78, 5) is 47.6. The molecule has 0 bridgehead atoms. The lowest BCUT2D eigenvalue weighted by Crippen LogP contribution is -2.40. The van der Waals surface area contributed by atoms with Gasteiger partial charge in [0.2, 0.25) is 0 Å². The van der Waals surface area contributed by atoms with Crippen LogP contribution in [0.4, 0.5) is 11.4 Å². The van der Waals surface area contributed by atoms with Crippen LogP contribution in [0.5, 0.6) is 11.5 Å². The van der Waals surface area contributed by atoms with Crippen LogP contribution in [0.3, 0.4) is 0 Å². The quantitative estimate of drug-likeness (QED) is 0.0296. The Labute approximate surface area is 321 Å². The van der Waals surface area contributed by atoms with Crippen molar-refractivity contribution in [2.24, 2.45) is 0 Å². The normalized spacial score (nSPS) is 12.6. The number of rotatable bonds is 20. The predicted molar refractivity (Wildman–Crippen MR) is 202 cm³/mol. The fourth-order valence-corrected chi connectivity index (χ4v) is 7.88. The molecule has 0 saturated carbocycles. The molecular formula is C36H36N2O13S3. The summed E-state index contributed by atoms with van der Waals surface area (Å²) in [5, 5.41) is 22.3. The van der Waals surface area contributed by atoms with Gasteiger partial charge in [0.15, 0.2) is 0 Å². The lowest BCUT2D eigenvalue weighted by atomic mass is 10.1. The van der Waals surface area contributed by atoms with E-state index in [1.165, 1.54) is 35.7 Å². The maximum Gasteiger partial charge on any atom is 0.338 e. The average molecular weight is 802 g/mol. The van der Waals surface area contributed by atoms with Crippen molar-refractivity contribution in [3.63, 3.8) is 0 Å². The number of benzene rings is 4. The zero-order chi connectivity index (χ0) is 40.0. The van der Waals surface area contributed by atoms with E-state index in [-0.39, 0.29) is 28.9 Å². The molecule has 0 heterocycles. The van der Waals surface area contributed by atoms with E-state index in [1.807, 2.05) is 24.3 Å². The maximum atomic E-state index is 13.5. The number of esters is 2. The van der Waals surface area contributed by atoms with E-state index in [4.69, 9.17) is 24.5 Å². The van der Waals surface area contributed by atoms with Gasteiger partial charge in [-0.3, -0.25) is 24.4 Å². The highest BCUT2D eigenvalue weighted by molar-refractivity contribution is 8.16. The van der Waals surface area contributed by atoms with Gasteiger partial charge in [-0.1, -0.05) is 24.3 Å². The van der Waals surface area contributed by atoms with E-state index in [1.54, 1.807) is 38.5 Å². The summed E-state index contributed by atoms with van der Waals surface area (Å²) >= 11 is 2.93. The van der Waals surface area contributed by atoms with Gasteiger partial charge in [-0.05, 0) is 59.7 Å². The molecule has 0 aliphatic carbocycles. The average Bonchev–Trinajstić information content (AvgIpc) is 3.20. The van der Waals surface area contributed by atoms with Crippen molar-refractivity contribution in [1.82, 2.24) is 0 Å². The molecule has 0 N–H and O–H groups in total. The summed E-state index contributed by atoms with van der Waals surface area (Å²) in [6.45, 7) is -0.772. The van der Waals surface area contributed by atoms with E-state index >= 15 is 0 Å². The van der Waals surface area contributed by atoms with Crippen molar-refractivity contribution < 1.29 is 52.4 Å². The van der Waals surface area contributed by atoms with Gasteiger partial charge in [-0.25, -0.2) is 9.59 Å². The standard InChI is InChI=1S/C36H36N2O13S3/c1-47-30-16-4-24(5-17-30)22-52-34(53-23-25-6-18-31(48-2)19-7-25)20-32(50-36(40)27-10-14-29(15-11-27)38(43)44)33(51-54(3,45)46)21-49-35(39)26-8-12-28(13-9-26)37(41)42/h4-19,32-34H,20-23H2,1-3H3/t32-,33-/m1/s1/i3D. The van der Waals surface area contributed by atoms with Crippen LogP contribution in [0.1, 0.15) is 39.6 Å². The Hall–Kier alpha value is -5.17. The van der Waals surface area contributed by atoms with Crippen LogP contribution in [0.2, 0.25) is 0 Å². The Morgan fingerprint density at radius 2 is 1.15 bits per heavy atom. The number of hydrogen-bond acceptors (Lipinski definition) is 15. The number of hydrogen-bond donors (Lipinski definition) is 0. The zero-order valence-electron chi connectivity index (χ0n) is 29.9. The van der Waals surface area contributed by atoms with E-state index in [0.717, 1.165) is 47.5 Å². The molecule has 54 heavy (non-hydrogen) atoms. The van der Waals surface area contributed by atoms with E-state index < -0.39 is 61.5 Å². The van der Waals surface area contributed by atoms with Crippen LogP contribution < -0.4 is 9.47 Å². The first kappa shape index (κ1) is 40.0. The first-order valence-electron chi connectivity index (χ1n) is 16.6. The molecule has 0 spiro atoms. The highest BCUT2D eigenvalue weighted by atomic mass is 32.2. The number of nitrogens with zero attached hydrogens (tertiary/aromatic N) is 2. The van der Waals surface area contributed by atoms with Crippen LogP contribution in [-0.4, -0.2) is 74.1 Å². The van der Waals surface area contributed by atoms with E-state index in [0.29, 0.717) is 23.0 Å². The van der Waals surface area contributed by atoms with Gasteiger partial charge in [-0.2, -0.15) is 8.42 Å². The van der Waals surface area contributed by atoms with Gasteiger partial charge >= 0.3 is 11.9 Å². The summed E-state index contributed by atoms with van der Waals surface area (Å²) in [5.41, 5.74) is 1.13.